The lowest BCUT2D eigenvalue weighted by atomic mass is 9.89. The van der Waals surface area contributed by atoms with Crippen molar-refractivity contribution < 1.29 is 0 Å². The minimum atomic E-state index is 0.616. The molecule has 0 bridgehead atoms. The van der Waals surface area contributed by atoms with Crippen LogP contribution in [0.1, 0.15) is 56.1 Å². The Bertz CT molecular complexity index is 542. The average molecular weight is 314 g/mol. The summed E-state index contributed by atoms with van der Waals surface area (Å²) >= 11 is 2.21. The van der Waals surface area contributed by atoms with Crippen molar-refractivity contribution in [3.63, 3.8) is 0 Å². The first-order valence-electron chi connectivity index (χ1n) is 8.60. The number of hydrogen-bond acceptors (Lipinski definition) is 2. The number of hydrogen-bond donors (Lipinski definition) is 0. The molecule has 1 aliphatic heterocycles. The second kappa shape index (κ2) is 7.41. The Kier molecular flexibility index (Phi) is 5.30. The highest BCUT2D eigenvalue weighted by Gasteiger charge is 2.27. The zero-order valence-corrected chi connectivity index (χ0v) is 14.4. The molecule has 2 aliphatic rings. The third-order valence-electron chi connectivity index (χ3n) is 4.98. The SMILES string of the molecule is C=CN1CC(CSC2CCCCC2)c2ccccc2/C1=C/C. The summed E-state index contributed by atoms with van der Waals surface area (Å²) in [7, 11) is 0. The summed E-state index contributed by atoms with van der Waals surface area (Å²) in [5.41, 5.74) is 4.23. The molecule has 0 radical (unpaired) electrons. The maximum absolute atomic E-state index is 4.02. The zero-order chi connectivity index (χ0) is 15.4. The highest BCUT2D eigenvalue weighted by Crippen LogP contribution is 2.39. The number of allylic oxidation sites excluding steroid dienone is 1. The first-order chi connectivity index (χ1) is 10.8. The van der Waals surface area contributed by atoms with Crippen molar-refractivity contribution in [2.75, 3.05) is 12.3 Å². The third-order valence-corrected chi connectivity index (χ3v) is 6.52. The number of thioether (sulfide) groups is 1. The Balaban J connectivity index is 1.77. The smallest absolute Gasteiger partial charge is 0.0439 e. The Morgan fingerprint density at radius 3 is 2.73 bits per heavy atom. The van der Waals surface area contributed by atoms with Crippen molar-refractivity contribution in [3.8, 4) is 0 Å². The van der Waals surface area contributed by atoms with Gasteiger partial charge in [-0.25, -0.2) is 0 Å². The molecule has 0 N–H and O–H groups in total. The minimum absolute atomic E-state index is 0.616. The molecule has 1 unspecified atom stereocenters. The van der Waals surface area contributed by atoms with Crippen LogP contribution in [-0.2, 0) is 0 Å². The topological polar surface area (TPSA) is 3.24 Å². The molecule has 0 amide bonds. The van der Waals surface area contributed by atoms with Crippen molar-refractivity contribution in [1.82, 2.24) is 4.90 Å². The fraction of sp³-hybridized carbons (Fsp3) is 0.500. The van der Waals surface area contributed by atoms with Crippen molar-refractivity contribution in [1.29, 1.82) is 0 Å². The molecule has 1 nitrogen and oxygen atoms in total. The zero-order valence-electron chi connectivity index (χ0n) is 13.6. The molecule has 1 saturated carbocycles. The second-order valence-electron chi connectivity index (χ2n) is 6.39. The standard InChI is InChI=1S/C20H27NS/c1-3-20-19-13-9-8-12-18(19)16(14-21(20)4-2)15-22-17-10-6-5-7-11-17/h3-4,8-9,12-13,16-17H,2,5-7,10-11,14-15H2,1H3/b20-3-. The predicted octanol–water partition coefficient (Wildman–Crippen LogP) is 5.66. The molecule has 0 saturated heterocycles. The number of fused-ring (bicyclic) bond motifs is 1. The van der Waals surface area contributed by atoms with Crippen LogP contribution in [0.2, 0.25) is 0 Å². The lowest BCUT2D eigenvalue weighted by Gasteiger charge is -2.36. The second-order valence-corrected chi connectivity index (χ2v) is 7.72. The monoisotopic (exact) mass is 313 g/mol. The van der Waals surface area contributed by atoms with E-state index in [-0.39, 0.29) is 0 Å². The molecule has 1 aromatic carbocycles. The Labute approximate surface area is 139 Å². The minimum Gasteiger partial charge on any atom is -0.348 e. The molecule has 0 aromatic heterocycles. The van der Waals surface area contributed by atoms with E-state index in [1.807, 2.05) is 6.20 Å². The normalized spacial score (nSPS) is 24.3. The summed E-state index contributed by atoms with van der Waals surface area (Å²) < 4.78 is 0. The van der Waals surface area contributed by atoms with E-state index in [2.05, 4.69) is 60.5 Å². The molecule has 1 fully saturated rings. The van der Waals surface area contributed by atoms with Gasteiger partial charge in [0.05, 0.1) is 0 Å². The van der Waals surface area contributed by atoms with Crippen LogP contribution >= 0.6 is 11.8 Å². The lowest BCUT2D eigenvalue weighted by Crippen LogP contribution is -2.30. The van der Waals surface area contributed by atoms with Crippen LogP contribution in [0.3, 0.4) is 0 Å². The maximum Gasteiger partial charge on any atom is 0.0439 e. The fourth-order valence-corrected chi connectivity index (χ4v) is 5.25. The van der Waals surface area contributed by atoms with Crippen LogP contribution in [-0.4, -0.2) is 22.4 Å². The molecule has 1 atom stereocenters. The van der Waals surface area contributed by atoms with Crippen LogP contribution < -0.4 is 0 Å². The van der Waals surface area contributed by atoms with Crippen LogP contribution in [0.4, 0.5) is 0 Å². The van der Waals surface area contributed by atoms with Crippen LogP contribution in [0.15, 0.2) is 43.1 Å². The largest absolute Gasteiger partial charge is 0.348 e. The first kappa shape index (κ1) is 15.7. The Hall–Kier alpha value is -1.15. The van der Waals surface area contributed by atoms with Crippen molar-refractivity contribution in [2.45, 2.75) is 50.2 Å². The van der Waals surface area contributed by atoms with Gasteiger partial charge in [-0.05, 0) is 31.5 Å². The van der Waals surface area contributed by atoms with E-state index in [1.165, 1.54) is 54.7 Å². The van der Waals surface area contributed by atoms with Gasteiger partial charge in [-0.15, -0.1) is 0 Å². The molecule has 2 heteroatoms. The van der Waals surface area contributed by atoms with Gasteiger partial charge < -0.3 is 4.90 Å². The highest BCUT2D eigenvalue weighted by atomic mass is 32.2. The van der Waals surface area contributed by atoms with E-state index in [9.17, 15) is 0 Å². The van der Waals surface area contributed by atoms with Crippen LogP contribution in [0, 0.1) is 0 Å². The van der Waals surface area contributed by atoms with E-state index in [0.717, 1.165) is 11.8 Å². The van der Waals surface area contributed by atoms with E-state index in [1.54, 1.807) is 0 Å². The summed E-state index contributed by atoms with van der Waals surface area (Å²) in [6.45, 7) is 7.21. The number of benzene rings is 1. The van der Waals surface area contributed by atoms with E-state index < -0.39 is 0 Å². The van der Waals surface area contributed by atoms with E-state index in [4.69, 9.17) is 0 Å². The molecular weight excluding hydrogens is 286 g/mol. The van der Waals surface area contributed by atoms with Gasteiger partial charge in [0.25, 0.3) is 0 Å². The summed E-state index contributed by atoms with van der Waals surface area (Å²) in [4.78, 5) is 2.33. The molecule has 1 aliphatic carbocycles. The van der Waals surface area contributed by atoms with E-state index >= 15 is 0 Å². The van der Waals surface area contributed by atoms with Gasteiger partial charge in [0, 0.05) is 34.7 Å². The summed E-state index contributed by atoms with van der Waals surface area (Å²) in [6, 6.07) is 8.93. The summed E-state index contributed by atoms with van der Waals surface area (Å²) in [5.74, 6) is 1.85. The molecule has 1 heterocycles. The summed E-state index contributed by atoms with van der Waals surface area (Å²) in [6.07, 6.45) is 11.3. The Morgan fingerprint density at radius 1 is 1.23 bits per heavy atom. The molecular formula is C20H27NS. The van der Waals surface area contributed by atoms with Crippen molar-refractivity contribution in [2.24, 2.45) is 0 Å². The van der Waals surface area contributed by atoms with Crippen LogP contribution in [0.25, 0.3) is 5.70 Å². The highest BCUT2D eigenvalue weighted by molar-refractivity contribution is 7.99. The molecule has 1 aromatic rings. The van der Waals surface area contributed by atoms with Crippen molar-refractivity contribution in [3.05, 3.63) is 54.2 Å². The van der Waals surface area contributed by atoms with Gasteiger partial charge in [0.2, 0.25) is 0 Å². The molecule has 118 valence electrons. The van der Waals surface area contributed by atoms with Gasteiger partial charge in [-0.1, -0.05) is 56.2 Å². The number of rotatable bonds is 4. The first-order valence-corrected chi connectivity index (χ1v) is 9.64. The van der Waals surface area contributed by atoms with Gasteiger partial charge >= 0.3 is 0 Å². The summed E-state index contributed by atoms with van der Waals surface area (Å²) in [5, 5.41) is 0.890. The fourth-order valence-electron chi connectivity index (χ4n) is 3.80. The Morgan fingerprint density at radius 2 is 2.00 bits per heavy atom. The van der Waals surface area contributed by atoms with E-state index in [0.29, 0.717) is 5.92 Å². The lowest BCUT2D eigenvalue weighted by molar-refractivity contribution is 0.468. The van der Waals surface area contributed by atoms with Gasteiger partial charge in [0.1, 0.15) is 0 Å². The average Bonchev–Trinajstić information content (AvgIpc) is 2.59. The van der Waals surface area contributed by atoms with Crippen molar-refractivity contribution >= 4 is 17.5 Å². The molecule has 3 rings (SSSR count). The quantitative estimate of drug-likeness (QED) is 0.706. The van der Waals surface area contributed by atoms with Gasteiger partial charge in [0.15, 0.2) is 0 Å². The maximum atomic E-state index is 4.02. The third kappa shape index (κ3) is 3.27. The van der Waals surface area contributed by atoms with Gasteiger partial charge in [-0.2, -0.15) is 11.8 Å². The van der Waals surface area contributed by atoms with Crippen LogP contribution in [0.5, 0.6) is 0 Å². The number of nitrogens with zero attached hydrogens (tertiary/aromatic N) is 1. The predicted molar refractivity (Wildman–Crippen MR) is 99.1 cm³/mol. The molecule has 0 spiro atoms. The van der Waals surface area contributed by atoms with Gasteiger partial charge in [-0.3, -0.25) is 0 Å². The molecule has 22 heavy (non-hydrogen) atoms.